The minimum absolute atomic E-state index is 0.611. The molecule has 0 N–H and O–H groups in total. The smallest absolute Gasteiger partial charge is 0.128 e. The third kappa shape index (κ3) is 2.83. The van der Waals surface area contributed by atoms with E-state index in [1.54, 1.807) is 0 Å². The molecule has 0 saturated carbocycles. The molecule has 1 aromatic heterocycles. The van der Waals surface area contributed by atoms with Gasteiger partial charge in [-0.05, 0) is 44.5 Å². The Hall–Kier alpha value is -1.09. The van der Waals surface area contributed by atoms with Crippen LogP contribution in [-0.2, 0) is 0 Å². The van der Waals surface area contributed by atoms with Crippen molar-refractivity contribution >= 4 is 5.82 Å². The Labute approximate surface area is 111 Å². The normalized spacial score (nSPS) is 21.6. The minimum Gasteiger partial charge on any atom is -0.355 e. The van der Waals surface area contributed by atoms with Crippen LogP contribution in [0.3, 0.4) is 0 Å². The number of hydrogen-bond donors (Lipinski definition) is 0. The van der Waals surface area contributed by atoms with Gasteiger partial charge in [-0.25, -0.2) is 4.98 Å². The summed E-state index contributed by atoms with van der Waals surface area (Å²) in [6, 6.07) is 5.08. The number of aromatic nitrogens is 1. The maximum Gasteiger partial charge on any atom is 0.128 e. The number of hydrogen-bond acceptors (Lipinski definition) is 3. The summed E-state index contributed by atoms with van der Waals surface area (Å²) in [5, 5.41) is 0. The molecule has 1 aromatic rings. The molecule has 1 fully saturated rings. The third-order valence-corrected chi connectivity index (χ3v) is 4.17. The van der Waals surface area contributed by atoms with Crippen molar-refractivity contribution < 1.29 is 0 Å². The molecule has 100 valence electrons. The van der Waals surface area contributed by atoms with E-state index in [1.807, 2.05) is 6.20 Å². The molecule has 2 rings (SSSR count). The summed E-state index contributed by atoms with van der Waals surface area (Å²) in [6.45, 7) is 6.70. The van der Waals surface area contributed by atoms with Crippen molar-refractivity contribution in [1.29, 1.82) is 0 Å². The summed E-state index contributed by atoms with van der Waals surface area (Å²) in [5.74, 6) is 1.74. The average molecular weight is 247 g/mol. The lowest BCUT2D eigenvalue weighted by Crippen LogP contribution is -2.31. The van der Waals surface area contributed by atoms with Gasteiger partial charge in [0.1, 0.15) is 5.82 Å². The first-order valence-electron chi connectivity index (χ1n) is 6.99. The van der Waals surface area contributed by atoms with Gasteiger partial charge in [0.2, 0.25) is 0 Å². The van der Waals surface area contributed by atoms with E-state index in [1.165, 1.54) is 18.4 Å². The summed E-state index contributed by atoms with van der Waals surface area (Å²) in [6.07, 6.45) is 4.46. The molecule has 1 aliphatic heterocycles. The number of anilines is 1. The zero-order chi connectivity index (χ0) is 13.1. The molecule has 0 amide bonds. The Balaban J connectivity index is 2.02. The Bertz CT molecular complexity index is 372. The summed E-state index contributed by atoms with van der Waals surface area (Å²) in [5.41, 5.74) is 1.35. The van der Waals surface area contributed by atoms with E-state index in [-0.39, 0.29) is 0 Å². The Kier molecular flexibility index (Phi) is 4.23. The number of rotatable bonds is 4. The van der Waals surface area contributed by atoms with Gasteiger partial charge in [0.25, 0.3) is 0 Å². The van der Waals surface area contributed by atoms with Crippen LogP contribution >= 0.6 is 0 Å². The topological polar surface area (TPSA) is 19.4 Å². The molecule has 0 radical (unpaired) electrons. The van der Waals surface area contributed by atoms with Gasteiger partial charge in [-0.2, -0.15) is 0 Å². The summed E-state index contributed by atoms with van der Waals surface area (Å²) in [4.78, 5) is 9.34. The second-order valence-electron chi connectivity index (χ2n) is 5.61. The first-order valence-corrected chi connectivity index (χ1v) is 6.99. The van der Waals surface area contributed by atoms with Crippen molar-refractivity contribution in [3.63, 3.8) is 0 Å². The van der Waals surface area contributed by atoms with Crippen LogP contribution in [0.1, 0.15) is 38.2 Å². The van der Waals surface area contributed by atoms with Crippen LogP contribution in [0.2, 0.25) is 0 Å². The van der Waals surface area contributed by atoms with E-state index < -0.39 is 0 Å². The van der Waals surface area contributed by atoms with Crippen molar-refractivity contribution in [2.45, 2.75) is 38.6 Å². The highest BCUT2D eigenvalue weighted by molar-refractivity contribution is 5.41. The molecule has 1 aliphatic rings. The molecule has 2 heterocycles. The van der Waals surface area contributed by atoms with E-state index in [0.29, 0.717) is 12.0 Å². The molecule has 0 aromatic carbocycles. The largest absolute Gasteiger partial charge is 0.355 e. The highest BCUT2D eigenvalue weighted by atomic mass is 15.3. The lowest BCUT2D eigenvalue weighted by molar-refractivity contribution is 0.315. The van der Waals surface area contributed by atoms with E-state index in [0.717, 1.165) is 18.9 Å². The first kappa shape index (κ1) is 13.3. The van der Waals surface area contributed by atoms with Crippen molar-refractivity contribution in [2.24, 2.45) is 0 Å². The SMILES string of the molecule is CC[C@H](C)c1ccc(N2CC[C@@H](N(C)C)C2)nc1. The monoisotopic (exact) mass is 247 g/mol. The molecule has 0 aliphatic carbocycles. The molecule has 3 heteroatoms. The number of likely N-dealkylation sites (N-methyl/N-ethyl adjacent to an activating group) is 1. The van der Waals surface area contributed by atoms with Gasteiger partial charge in [-0.3, -0.25) is 0 Å². The summed E-state index contributed by atoms with van der Waals surface area (Å²) >= 11 is 0. The lowest BCUT2D eigenvalue weighted by Gasteiger charge is -2.21. The van der Waals surface area contributed by atoms with Gasteiger partial charge < -0.3 is 9.80 Å². The molecular weight excluding hydrogens is 222 g/mol. The van der Waals surface area contributed by atoms with Crippen molar-refractivity contribution in [2.75, 3.05) is 32.1 Å². The van der Waals surface area contributed by atoms with E-state index in [2.05, 4.69) is 54.9 Å². The highest BCUT2D eigenvalue weighted by Crippen LogP contribution is 2.23. The van der Waals surface area contributed by atoms with Gasteiger partial charge in [-0.15, -0.1) is 0 Å². The van der Waals surface area contributed by atoms with E-state index in [9.17, 15) is 0 Å². The van der Waals surface area contributed by atoms with Crippen molar-refractivity contribution in [3.05, 3.63) is 23.9 Å². The Morgan fingerprint density at radius 1 is 1.44 bits per heavy atom. The number of nitrogens with zero attached hydrogens (tertiary/aromatic N) is 3. The molecule has 2 atom stereocenters. The highest BCUT2D eigenvalue weighted by Gasteiger charge is 2.24. The predicted molar refractivity (Wildman–Crippen MR) is 77.2 cm³/mol. The van der Waals surface area contributed by atoms with Crippen LogP contribution in [0, 0.1) is 0 Å². The fraction of sp³-hybridized carbons (Fsp3) is 0.667. The average Bonchev–Trinajstić information content (AvgIpc) is 2.88. The van der Waals surface area contributed by atoms with E-state index in [4.69, 9.17) is 0 Å². The summed E-state index contributed by atoms with van der Waals surface area (Å²) in [7, 11) is 4.32. The third-order valence-electron chi connectivity index (χ3n) is 4.17. The van der Waals surface area contributed by atoms with Crippen LogP contribution in [0.15, 0.2) is 18.3 Å². The summed E-state index contributed by atoms with van der Waals surface area (Å²) < 4.78 is 0. The first-order chi connectivity index (χ1) is 8.61. The molecule has 0 unspecified atom stereocenters. The second kappa shape index (κ2) is 5.70. The molecular formula is C15H25N3. The van der Waals surface area contributed by atoms with Gasteiger partial charge in [0.05, 0.1) is 0 Å². The van der Waals surface area contributed by atoms with Crippen LogP contribution in [0.25, 0.3) is 0 Å². The van der Waals surface area contributed by atoms with Gasteiger partial charge in [-0.1, -0.05) is 19.9 Å². The second-order valence-corrected chi connectivity index (χ2v) is 5.61. The molecule has 0 spiro atoms. The van der Waals surface area contributed by atoms with Crippen LogP contribution < -0.4 is 4.90 Å². The van der Waals surface area contributed by atoms with Gasteiger partial charge in [0, 0.05) is 25.3 Å². The lowest BCUT2D eigenvalue weighted by atomic mass is 10.0. The quantitative estimate of drug-likeness (QED) is 0.815. The molecule has 0 bridgehead atoms. The Morgan fingerprint density at radius 2 is 2.22 bits per heavy atom. The van der Waals surface area contributed by atoms with Crippen molar-refractivity contribution in [3.8, 4) is 0 Å². The Morgan fingerprint density at radius 3 is 2.72 bits per heavy atom. The predicted octanol–water partition coefficient (Wildman–Crippen LogP) is 2.74. The van der Waals surface area contributed by atoms with Gasteiger partial charge in [0.15, 0.2) is 0 Å². The van der Waals surface area contributed by atoms with Crippen LogP contribution in [0.4, 0.5) is 5.82 Å². The maximum atomic E-state index is 4.63. The molecule has 3 nitrogen and oxygen atoms in total. The molecule has 18 heavy (non-hydrogen) atoms. The van der Waals surface area contributed by atoms with Crippen LogP contribution in [-0.4, -0.2) is 43.1 Å². The van der Waals surface area contributed by atoms with Crippen molar-refractivity contribution in [1.82, 2.24) is 9.88 Å². The van der Waals surface area contributed by atoms with E-state index >= 15 is 0 Å². The van der Waals surface area contributed by atoms with Gasteiger partial charge >= 0.3 is 0 Å². The zero-order valence-corrected chi connectivity index (χ0v) is 12.1. The maximum absolute atomic E-state index is 4.63. The minimum atomic E-state index is 0.611. The fourth-order valence-corrected chi connectivity index (χ4v) is 2.48. The molecule has 1 saturated heterocycles. The number of pyridine rings is 1. The zero-order valence-electron chi connectivity index (χ0n) is 12.1. The standard InChI is InChI=1S/C15H25N3/c1-5-12(2)13-6-7-15(16-10-13)18-9-8-14(11-18)17(3)4/h6-7,10,12,14H,5,8-9,11H2,1-4H3/t12-,14+/m0/s1. The van der Waals surface area contributed by atoms with Crippen LogP contribution in [0.5, 0.6) is 0 Å². The fourth-order valence-electron chi connectivity index (χ4n) is 2.48.